The lowest BCUT2D eigenvalue weighted by Crippen LogP contribution is -2.40. The van der Waals surface area contributed by atoms with Crippen molar-refractivity contribution < 1.29 is 9.59 Å². The van der Waals surface area contributed by atoms with Crippen molar-refractivity contribution in [1.82, 2.24) is 9.88 Å². The molecule has 1 aromatic carbocycles. The van der Waals surface area contributed by atoms with E-state index in [0.717, 1.165) is 24.1 Å². The zero-order chi connectivity index (χ0) is 17.6. The van der Waals surface area contributed by atoms with E-state index in [4.69, 9.17) is 23.2 Å². The van der Waals surface area contributed by atoms with Gasteiger partial charge >= 0.3 is 6.03 Å². The number of hydrogen-bond acceptors (Lipinski definition) is 4. The molecule has 0 radical (unpaired) electrons. The molecule has 1 spiro atoms. The van der Waals surface area contributed by atoms with Crippen molar-refractivity contribution in [3.63, 3.8) is 0 Å². The average Bonchev–Trinajstić information content (AvgIpc) is 3.27. The Morgan fingerprint density at radius 2 is 2.20 bits per heavy atom. The number of likely N-dealkylation sites (tertiary alicyclic amines) is 1. The quantitative estimate of drug-likeness (QED) is 0.788. The van der Waals surface area contributed by atoms with Crippen LogP contribution in [-0.2, 0) is 10.2 Å². The van der Waals surface area contributed by atoms with Crippen molar-refractivity contribution in [3.8, 4) is 0 Å². The van der Waals surface area contributed by atoms with Crippen LogP contribution >= 0.6 is 34.5 Å². The second-order valence-corrected chi connectivity index (χ2v) is 8.35. The lowest BCUT2D eigenvalue weighted by atomic mass is 9.81. The number of urea groups is 1. The molecular formula is C16H14Cl2N4O2S. The van der Waals surface area contributed by atoms with E-state index in [1.807, 2.05) is 12.1 Å². The molecule has 4 rings (SSSR count). The van der Waals surface area contributed by atoms with Crippen molar-refractivity contribution in [1.29, 1.82) is 0 Å². The minimum atomic E-state index is -0.279. The third-order valence-electron chi connectivity index (χ3n) is 4.75. The fraction of sp³-hybridized carbons (Fsp3) is 0.312. The van der Waals surface area contributed by atoms with Gasteiger partial charge in [0.25, 0.3) is 0 Å². The molecule has 1 fully saturated rings. The monoisotopic (exact) mass is 396 g/mol. The first-order valence-electron chi connectivity index (χ1n) is 7.70. The lowest BCUT2D eigenvalue weighted by molar-refractivity contribution is -0.117. The smallest absolute Gasteiger partial charge is 0.328 e. The molecular weight excluding hydrogens is 383 g/mol. The van der Waals surface area contributed by atoms with Crippen molar-refractivity contribution in [2.45, 2.75) is 11.8 Å². The highest BCUT2D eigenvalue weighted by Crippen LogP contribution is 2.47. The molecule has 2 aliphatic rings. The highest BCUT2D eigenvalue weighted by molar-refractivity contribution is 7.19. The Morgan fingerprint density at radius 3 is 2.88 bits per heavy atom. The number of rotatable bonds is 2. The number of nitrogens with zero attached hydrogens (tertiary/aromatic N) is 3. The molecule has 0 bridgehead atoms. The van der Waals surface area contributed by atoms with Gasteiger partial charge in [-0.1, -0.05) is 34.5 Å². The van der Waals surface area contributed by atoms with Crippen LogP contribution in [0, 0.1) is 0 Å². The van der Waals surface area contributed by atoms with Crippen molar-refractivity contribution in [2.75, 3.05) is 29.9 Å². The molecule has 1 unspecified atom stereocenters. The number of amides is 3. The van der Waals surface area contributed by atoms with Gasteiger partial charge in [0.2, 0.25) is 6.41 Å². The third kappa shape index (κ3) is 2.86. The predicted molar refractivity (Wildman–Crippen MR) is 98.9 cm³/mol. The minimum absolute atomic E-state index is 0.268. The number of halogens is 2. The molecule has 0 aliphatic carbocycles. The van der Waals surface area contributed by atoms with E-state index in [1.165, 1.54) is 17.5 Å². The van der Waals surface area contributed by atoms with Gasteiger partial charge in [0.05, 0.1) is 6.20 Å². The molecule has 2 aromatic rings. The number of carbonyl (C=O) groups excluding carboxylic acids is 2. The predicted octanol–water partition coefficient (Wildman–Crippen LogP) is 3.60. The van der Waals surface area contributed by atoms with Crippen LogP contribution in [0.1, 0.15) is 12.0 Å². The molecule has 3 heterocycles. The van der Waals surface area contributed by atoms with Crippen LogP contribution in [0.3, 0.4) is 0 Å². The van der Waals surface area contributed by atoms with E-state index in [0.29, 0.717) is 34.1 Å². The van der Waals surface area contributed by atoms with Gasteiger partial charge < -0.3 is 4.90 Å². The average molecular weight is 397 g/mol. The fourth-order valence-corrected chi connectivity index (χ4v) is 4.61. The first-order valence-corrected chi connectivity index (χ1v) is 9.27. The molecule has 1 atom stereocenters. The summed E-state index contributed by atoms with van der Waals surface area (Å²) in [5.74, 6) is 0. The van der Waals surface area contributed by atoms with E-state index in [-0.39, 0.29) is 11.4 Å². The normalized spacial score (nSPS) is 21.7. The maximum absolute atomic E-state index is 12.8. The molecule has 2 aliphatic heterocycles. The van der Waals surface area contributed by atoms with Crippen LogP contribution in [0.25, 0.3) is 0 Å². The minimum Gasteiger partial charge on any atom is -0.344 e. The Hall–Kier alpha value is -1.83. The lowest BCUT2D eigenvalue weighted by Gasteiger charge is -2.24. The largest absolute Gasteiger partial charge is 0.344 e. The summed E-state index contributed by atoms with van der Waals surface area (Å²) < 4.78 is 0.512. The number of nitrogens with one attached hydrogen (secondary N) is 1. The van der Waals surface area contributed by atoms with Crippen molar-refractivity contribution >= 4 is 57.8 Å². The van der Waals surface area contributed by atoms with Gasteiger partial charge in [-0.15, -0.1) is 0 Å². The second kappa shape index (κ2) is 6.16. The van der Waals surface area contributed by atoms with E-state index >= 15 is 0 Å². The fourth-order valence-electron chi connectivity index (χ4n) is 3.64. The van der Waals surface area contributed by atoms with Crippen LogP contribution in [0.4, 0.5) is 15.6 Å². The second-order valence-electron chi connectivity index (χ2n) is 6.25. The van der Waals surface area contributed by atoms with Crippen LogP contribution in [0.2, 0.25) is 9.36 Å². The molecule has 1 N–H and O–H groups in total. The third-order valence-corrected chi connectivity index (χ3v) is 6.02. The van der Waals surface area contributed by atoms with Gasteiger partial charge in [0, 0.05) is 35.8 Å². The number of aromatic nitrogens is 1. The summed E-state index contributed by atoms with van der Waals surface area (Å²) in [5, 5.41) is 3.86. The van der Waals surface area contributed by atoms with Gasteiger partial charge in [-0.05, 0) is 30.2 Å². The maximum atomic E-state index is 12.8. The Labute approximate surface area is 158 Å². The molecule has 6 nitrogen and oxygen atoms in total. The van der Waals surface area contributed by atoms with Crippen LogP contribution < -0.4 is 10.2 Å². The Morgan fingerprint density at radius 1 is 1.36 bits per heavy atom. The first-order chi connectivity index (χ1) is 12.0. The highest BCUT2D eigenvalue weighted by atomic mass is 35.5. The topological polar surface area (TPSA) is 65.5 Å². The van der Waals surface area contributed by atoms with Crippen molar-refractivity contribution in [2.24, 2.45) is 0 Å². The molecule has 1 aromatic heterocycles. The number of benzene rings is 1. The van der Waals surface area contributed by atoms with Gasteiger partial charge in [-0.2, -0.15) is 0 Å². The van der Waals surface area contributed by atoms with Gasteiger partial charge in [0.1, 0.15) is 4.34 Å². The standard InChI is InChI=1S/C16H14Cl2N4O2S/c17-10-1-2-12-11(5-10)16(3-4-21(7-16)9-23)8-22(12)15(24)20-14-19-6-13(18)25-14/h1-2,5-6,9H,3-4,7-8H2,(H,19,20,24). The Balaban J connectivity index is 1.66. The van der Waals surface area contributed by atoms with Crippen LogP contribution in [-0.4, -0.2) is 42.0 Å². The first kappa shape index (κ1) is 16.6. The zero-order valence-corrected chi connectivity index (χ0v) is 15.4. The summed E-state index contributed by atoms with van der Waals surface area (Å²) >= 11 is 13.3. The molecule has 9 heteroatoms. The molecule has 3 amide bonds. The van der Waals surface area contributed by atoms with Gasteiger partial charge in [-0.3, -0.25) is 15.0 Å². The zero-order valence-electron chi connectivity index (χ0n) is 13.0. The Kier molecular flexibility index (Phi) is 4.10. The molecule has 130 valence electrons. The summed E-state index contributed by atoms with van der Waals surface area (Å²) in [6, 6.07) is 5.26. The molecule has 0 saturated carbocycles. The Bertz CT molecular complexity index is 858. The van der Waals surface area contributed by atoms with Gasteiger partial charge in [-0.25, -0.2) is 9.78 Å². The van der Waals surface area contributed by atoms with E-state index in [1.54, 1.807) is 15.9 Å². The summed E-state index contributed by atoms with van der Waals surface area (Å²) in [4.78, 5) is 31.5. The van der Waals surface area contributed by atoms with Crippen LogP contribution in [0.15, 0.2) is 24.4 Å². The van der Waals surface area contributed by atoms with Crippen LogP contribution in [0.5, 0.6) is 0 Å². The summed E-state index contributed by atoms with van der Waals surface area (Å²) in [7, 11) is 0. The number of fused-ring (bicyclic) bond motifs is 2. The SMILES string of the molecule is O=CN1CCC2(C1)CN(C(=O)Nc1ncc(Cl)s1)c1ccc(Cl)cc12. The van der Waals surface area contributed by atoms with E-state index in [2.05, 4.69) is 10.3 Å². The van der Waals surface area contributed by atoms with E-state index in [9.17, 15) is 9.59 Å². The summed E-state index contributed by atoms with van der Waals surface area (Å²) in [6.45, 7) is 1.75. The number of hydrogen-bond donors (Lipinski definition) is 1. The van der Waals surface area contributed by atoms with Gasteiger partial charge in [0.15, 0.2) is 5.13 Å². The molecule has 1 saturated heterocycles. The van der Waals surface area contributed by atoms with Crippen molar-refractivity contribution in [3.05, 3.63) is 39.3 Å². The number of carbonyl (C=O) groups is 2. The number of anilines is 2. The maximum Gasteiger partial charge on any atom is 0.328 e. The number of thiazole rings is 1. The van der Waals surface area contributed by atoms with E-state index < -0.39 is 0 Å². The summed E-state index contributed by atoms with van der Waals surface area (Å²) in [6.07, 6.45) is 3.16. The molecule has 25 heavy (non-hydrogen) atoms. The summed E-state index contributed by atoms with van der Waals surface area (Å²) in [5.41, 5.74) is 1.55. The highest BCUT2D eigenvalue weighted by Gasteiger charge is 2.48.